The van der Waals surface area contributed by atoms with Gasteiger partial charge in [-0.25, -0.2) is 5.43 Å². The second-order valence-electron chi connectivity index (χ2n) is 4.82. The summed E-state index contributed by atoms with van der Waals surface area (Å²) in [6.45, 7) is 0. The van der Waals surface area contributed by atoms with Crippen LogP contribution >= 0.6 is 22.6 Å². The van der Waals surface area contributed by atoms with E-state index < -0.39 is 5.91 Å². The van der Waals surface area contributed by atoms with Gasteiger partial charge in [0.05, 0.1) is 36.7 Å². The third kappa shape index (κ3) is 4.53. The van der Waals surface area contributed by atoms with Crippen LogP contribution in [0, 0.1) is 3.57 Å². The highest BCUT2D eigenvalue weighted by Crippen LogP contribution is 2.31. The van der Waals surface area contributed by atoms with E-state index in [-0.39, 0.29) is 5.75 Å². The zero-order chi connectivity index (χ0) is 18.4. The molecule has 132 valence electrons. The highest BCUT2D eigenvalue weighted by atomic mass is 127. The third-order valence-electron chi connectivity index (χ3n) is 3.30. The van der Waals surface area contributed by atoms with Crippen LogP contribution in [-0.4, -0.2) is 38.6 Å². The molecule has 1 amide bonds. The Labute approximate surface area is 158 Å². The fraction of sp³-hybridized carbons (Fsp3) is 0.176. The van der Waals surface area contributed by atoms with Crippen molar-refractivity contribution in [1.82, 2.24) is 5.43 Å². The first-order valence-corrected chi connectivity index (χ1v) is 8.20. The van der Waals surface area contributed by atoms with Gasteiger partial charge in [0, 0.05) is 6.07 Å². The standard InChI is InChI=1S/C17H17IN2O5/c1-23-11-4-5-12(14(8-11)24-2)17(22)20-19-9-10-6-13(18)16(21)15(7-10)25-3/h4-9,21H,1-3H3,(H,20,22). The molecule has 0 spiro atoms. The lowest BCUT2D eigenvalue weighted by atomic mass is 10.2. The molecule has 0 bridgehead atoms. The molecule has 0 fully saturated rings. The first-order valence-electron chi connectivity index (χ1n) is 7.12. The summed E-state index contributed by atoms with van der Waals surface area (Å²) in [6, 6.07) is 8.19. The number of amides is 1. The lowest BCUT2D eigenvalue weighted by Gasteiger charge is -2.09. The number of carbonyl (C=O) groups excluding carboxylic acids is 1. The van der Waals surface area contributed by atoms with Gasteiger partial charge in [0.2, 0.25) is 0 Å². The first kappa shape index (κ1) is 18.8. The SMILES string of the molecule is COc1ccc(C(=O)NN=Cc2cc(I)c(O)c(OC)c2)c(OC)c1. The van der Waals surface area contributed by atoms with E-state index in [1.807, 2.05) is 22.6 Å². The molecule has 0 aliphatic heterocycles. The van der Waals surface area contributed by atoms with E-state index >= 15 is 0 Å². The minimum Gasteiger partial charge on any atom is -0.504 e. The molecular formula is C17H17IN2O5. The Hall–Kier alpha value is -2.49. The zero-order valence-corrected chi connectivity index (χ0v) is 16.0. The molecule has 2 N–H and O–H groups in total. The van der Waals surface area contributed by atoms with Crippen LogP contribution < -0.4 is 19.6 Å². The van der Waals surface area contributed by atoms with Crippen LogP contribution in [0.1, 0.15) is 15.9 Å². The number of phenols is 1. The number of nitrogens with one attached hydrogen (secondary N) is 1. The number of ether oxygens (including phenoxy) is 3. The van der Waals surface area contributed by atoms with Crippen molar-refractivity contribution in [2.45, 2.75) is 0 Å². The summed E-state index contributed by atoms with van der Waals surface area (Å²) in [5, 5.41) is 13.7. The van der Waals surface area contributed by atoms with E-state index in [9.17, 15) is 9.90 Å². The summed E-state index contributed by atoms with van der Waals surface area (Å²) >= 11 is 1.98. The number of methoxy groups -OCH3 is 3. The summed E-state index contributed by atoms with van der Waals surface area (Å²) in [6.07, 6.45) is 1.46. The van der Waals surface area contributed by atoms with Gasteiger partial charge in [0.15, 0.2) is 11.5 Å². The number of rotatable bonds is 6. The Morgan fingerprint density at radius 3 is 2.48 bits per heavy atom. The van der Waals surface area contributed by atoms with Crippen LogP contribution in [0.3, 0.4) is 0 Å². The average Bonchev–Trinajstić information content (AvgIpc) is 2.63. The highest BCUT2D eigenvalue weighted by Gasteiger charge is 2.13. The molecule has 0 aliphatic carbocycles. The van der Waals surface area contributed by atoms with Gasteiger partial charge in [-0.15, -0.1) is 0 Å². The van der Waals surface area contributed by atoms with E-state index in [0.29, 0.717) is 31.9 Å². The monoisotopic (exact) mass is 456 g/mol. The van der Waals surface area contributed by atoms with Crippen molar-refractivity contribution in [2.75, 3.05) is 21.3 Å². The van der Waals surface area contributed by atoms with Crippen LogP contribution in [0.25, 0.3) is 0 Å². The molecule has 7 nitrogen and oxygen atoms in total. The Kier molecular flexibility index (Phi) is 6.45. The number of hydrogen-bond donors (Lipinski definition) is 2. The summed E-state index contributed by atoms with van der Waals surface area (Å²) in [4.78, 5) is 12.2. The normalized spacial score (nSPS) is 10.6. The third-order valence-corrected chi connectivity index (χ3v) is 4.13. The van der Waals surface area contributed by atoms with Gasteiger partial charge in [-0.05, 0) is 52.4 Å². The molecule has 25 heavy (non-hydrogen) atoms. The average molecular weight is 456 g/mol. The molecule has 2 rings (SSSR count). The Morgan fingerprint density at radius 1 is 1.12 bits per heavy atom. The second-order valence-corrected chi connectivity index (χ2v) is 5.98. The maximum atomic E-state index is 12.2. The van der Waals surface area contributed by atoms with E-state index in [2.05, 4.69) is 10.5 Å². The van der Waals surface area contributed by atoms with Crippen molar-refractivity contribution in [1.29, 1.82) is 0 Å². The second kappa shape index (κ2) is 8.56. The van der Waals surface area contributed by atoms with Crippen LogP contribution in [0.15, 0.2) is 35.4 Å². The zero-order valence-electron chi connectivity index (χ0n) is 13.9. The van der Waals surface area contributed by atoms with Crippen LogP contribution in [0.2, 0.25) is 0 Å². The van der Waals surface area contributed by atoms with Gasteiger partial charge < -0.3 is 19.3 Å². The predicted octanol–water partition coefficient (Wildman–Crippen LogP) is 2.79. The van der Waals surface area contributed by atoms with Crippen LogP contribution in [0.5, 0.6) is 23.0 Å². The Morgan fingerprint density at radius 2 is 1.84 bits per heavy atom. The van der Waals surface area contributed by atoms with Crippen LogP contribution in [0.4, 0.5) is 0 Å². The van der Waals surface area contributed by atoms with E-state index in [4.69, 9.17) is 14.2 Å². The lowest BCUT2D eigenvalue weighted by molar-refractivity contribution is 0.0952. The molecule has 0 atom stereocenters. The van der Waals surface area contributed by atoms with Crippen molar-refractivity contribution < 1.29 is 24.1 Å². The predicted molar refractivity (Wildman–Crippen MR) is 102 cm³/mol. The van der Waals surface area contributed by atoms with Crippen molar-refractivity contribution in [3.63, 3.8) is 0 Å². The van der Waals surface area contributed by atoms with Gasteiger partial charge in [-0.1, -0.05) is 0 Å². The number of aromatic hydroxyl groups is 1. The summed E-state index contributed by atoms with van der Waals surface area (Å²) < 4.78 is 16.0. The molecule has 8 heteroatoms. The number of phenolic OH excluding ortho intramolecular Hbond substituents is 1. The molecule has 0 aliphatic rings. The Balaban J connectivity index is 2.15. The van der Waals surface area contributed by atoms with Crippen LogP contribution in [-0.2, 0) is 0 Å². The summed E-state index contributed by atoms with van der Waals surface area (Å²) in [7, 11) is 4.47. The van der Waals surface area contributed by atoms with Crippen molar-refractivity contribution in [3.05, 3.63) is 45.0 Å². The smallest absolute Gasteiger partial charge is 0.275 e. The van der Waals surface area contributed by atoms with Gasteiger partial charge in [0.25, 0.3) is 5.91 Å². The van der Waals surface area contributed by atoms with Gasteiger partial charge >= 0.3 is 0 Å². The number of nitrogens with zero attached hydrogens (tertiary/aromatic N) is 1. The molecule has 0 unspecified atom stereocenters. The van der Waals surface area contributed by atoms with E-state index in [1.54, 1.807) is 30.3 Å². The highest BCUT2D eigenvalue weighted by molar-refractivity contribution is 14.1. The molecule has 0 saturated carbocycles. The van der Waals surface area contributed by atoms with E-state index in [1.165, 1.54) is 27.5 Å². The minimum atomic E-state index is -0.420. The van der Waals surface area contributed by atoms with Gasteiger partial charge in [0.1, 0.15) is 11.5 Å². The number of hydrazone groups is 1. The van der Waals surface area contributed by atoms with Gasteiger partial charge in [-0.2, -0.15) is 5.10 Å². The fourth-order valence-corrected chi connectivity index (χ4v) is 2.66. The Bertz CT molecular complexity index is 808. The minimum absolute atomic E-state index is 0.0623. The molecule has 0 saturated heterocycles. The largest absolute Gasteiger partial charge is 0.504 e. The first-order chi connectivity index (χ1) is 12.0. The molecule has 0 aromatic heterocycles. The lowest BCUT2D eigenvalue weighted by Crippen LogP contribution is -2.18. The molecular weight excluding hydrogens is 439 g/mol. The molecule has 0 radical (unpaired) electrons. The van der Waals surface area contributed by atoms with Crippen molar-refractivity contribution in [2.24, 2.45) is 5.10 Å². The molecule has 2 aromatic carbocycles. The number of halogens is 1. The number of benzene rings is 2. The molecule has 2 aromatic rings. The van der Waals surface area contributed by atoms with Crippen molar-refractivity contribution in [3.8, 4) is 23.0 Å². The summed E-state index contributed by atoms with van der Waals surface area (Å²) in [5.74, 6) is 0.940. The molecule has 0 heterocycles. The number of hydrogen-bond acceptors (Lipinski definition) is 6. The maximum absolute atomic E-state index is 12.2. The topological polar surface area (TPSA) is 89.4 Å². The summed E-state index contributed by atoms with van der Waals surface area (Å²) in [5.41, 5.74) is 3.43. The number of carbonyl (C=O) groups is 1. The maximum Gasteiger partial charge on any atom is 0.275 e. The quantitative estimate of drug-likeness (QED) is 0.397. The van der Waals surface area contributed by atoms with E-state index in [0.717, 1.165) is 0 Å². The van der Waals surface area contributed by atoms with Gasteiger partial charge in [-0.3, -0.25) is 4.79 Å². The van der Waals surface area contributed by atoms with Crippen molar-refractivity contribution >= 4 is 34.7 Å². The fourth-order valence-electron chi connectivity index (χ4n) is 2.04.